The molecule has 0 radical (unpaired) electrons. The molecule has 0 bridgehead atoms. The second kappa shape index (κ2) is 8.70. The van der Waals surface area contributed by atoms with Gasteiger partial charge < -0.3 is 14.0 Å². The molecule has 0 N–H and O–H groups in total. The minimum absolute atomic E-state index is 0.0380. The van der Waals surface area contributed by atoms with Crippen LogP contribution in [-0.4, -0.2) is 33.5 Å². The van der Waals surface area contributed by atoms with Crippen molar-refractivity contribution in [2.24, 2.45) is 0 Å². The number of benzene rings is 2. The van der Waals surface area contributed by atoms with Crippen LogP contribution in [0.4, 0.5) is 0 Å². The van der Waals surface area contributed by atoms with Gasteiger partial charge in [0.2, 0.25) is 11.7 Å². The van der Waals surface area contributed by atoms with Crippen molar-refractivity contribution in [2.45, 2.75) is 32.9 Å². The van der Waals surface area contributed by atoms with E-state index in [-0.39, 0.29) is 24.0 Å². The van der Waals surface area contributed by atoms with E-state index in [4.69, 9.17) is 14.0 Å². The molecular formula is C23H24N4O5. The number of fused-ring (bicyclic) bond motifs is 1. The van der Waals surface area contributed by atoms with E-state index in [1.165, 1.54) is 9.13 Å². The van der Waals surface area contributed by atoms with E-state index in [1.807, 2.05) is 13.8 Å². The molecule has 0 amide bonds. The SMILES string of the molecule is CC[C@@H](C)n1c(=O)c2ccccc2n(Cc2nc(-c3ccc(OC)c(OC)c3)no2)c1=O. The molecule has 1 atom stereocenters. The van der Waals surface area contributed by atoms with Crippen LogP contribution < -0.4 is 20.7 Å². The molecule has 0 spiro atoms. The number of methoxy groups -OCH3 is 2. The van der Waals surface area contributed by atoms with Crippen molar-refractivity contribution in [3.8, 4) is 22.9 Å². The Morgan fingerprint density at radius 2 is 1.81 bits per heavy atom. The van der Waals surface area contributed by atoms with Crippen molar-refractivity contribution in [2.75, 3.05) is 14.2 Å². The second-order valence-electron chi connectivity index (χ2n) is 7.40. The molecule has 2 aromatic heterocycles. The maximum Gasteiger partial charge on any atom is 0.332 e. The van der Waals surface area contributed by atoms with Gasteiger partial charge in [-0.25, -0.2) is 4.79 Å². The lowest BCUT2D eigenvalue weighted by molar-refractivity contribution is 0.355. The van der Waals surface area contributed by atoms with Crippen LogP contribution in [0.3, 0.4) is 0 Å². The van der Waals surface area contributed by atoms with Crippen molar-refractivity contribution in [1.82, 2.24) is 19.3 Å². The molecule has 0 aliphatic heterocycles. The summed E-state index contributed by atoms with van der Waals surface area (Å²) >= 11 is 0. The number of rotatable bonds is 7. The van der Waals surface area contributed by atoms with E-state index in [0.717, 1.165) is 0 Å². The summed E-state index contributed by atoms with van der Waals surface area (Å²) in [5, 5.41) is 4.51. The van der Waals surface area contributed by atoms with Gasteiger partial charge >= 0.3 is 5.69 Å². The summed E-state index contributed by atoms with van der Waals surface area (Å²) < 4.78 is 18.8. The van der Waals surface area contributed by atoms with Gasteiger partial charge in [-0.3, -0.25) is 13.9 Å². The molecule has 9 nitrogen and oxygen atoms in total. The quantitative estimate of drug-likeness (QED) is 0.438. The van der Waals surface area contributed by atoms with Crippen LogP contribution in [0.15, 0.2) is 56.6 Å². The fourth-order valence-electron chi connectivity index (χ4n) is 3.61. The molecule has 2 aromatic carbocycles. The van der Waals surface area contributed by atoms with Gasteiger partial charge in [-0.2, -0.15) is 4.98 Å². The number of hydrogen-bond acceptors (Lipinski definition) is 7. The zero-order valence-electron chi connectivity index (χ0n) is 18.4. The Balaban J connectivity index is 1.78. The summed E-state index contributed by atoms with van der Waals surface area (Å²) in [6.45, 7) is 3.82. The van der Waals surface area contributed by atoms with E-state index in [2.05, 4.69) is 10.1 Å². The first-order valence-electron chi connectivity index (χ1n) is 10.3. The predicted octanol–water partition coefficient (Wildman–Crippen LogP) is 3.25. The lowest BCUT2D eigenvalue weighted by atomic mass is 10.2. The van der Waals surface area contributed by atoms with Crippen LogP contribution in [0.5, 0.6) is 11.5 Å². The Morgan fingerprint density at radius 1 is 1.06 bits per heavy atom. The van der Waals surface area contributed by atoms with Gasteiger partial charge in [0.05, 0.1) is 25.1 Å². The zero-order valence-corrected chi connectivity index (χ0v) is 18.4. The van der Waals surface area contributed by atoms with Crippen molar-refractivity contribution in [3.63, 3.8) is 0 Å². The Morgan fingerprint density at radius 3 is 2.53 bits per heavy atom. The van der Waals surface area contributed by atoms with Crippen molar-refractivity contribution < 1.29 is 14.0 Å². The largest absolute Gasteiger partial charge is 0.493 e. The van der Waals surface area contributed by atoms with E-state index >= 15 is 0 Å². The summed E-state index contributed by atoms with van der Waals surface area (Å²) in [4.78, 5) is 30.6. The lowest BCUT2D eigenvalue weighted by Crippen LogP contribution is -2.41. The van der Waals surface area contributed by atoms with Gasteiger partial charge in [-0.1, -0.05) is 24.2 Å². The van der Waals surface area contributed by atoms with Crippen LogP contribution in [0.1, 0.15) is 32.2 Å². The van der Waals surface area contributed by atoms with Gasteiger partial charge in [0.15, 0.2) is 11.5 Å². The number of nitrogens with zero attached hydrogens (tertiary/aromatic N) is 4. The monoisotopic (exact) mass is 436 g/mol. The summed E-state index contributed by atoms with van der Waals surface area (Å²) in [5.74, 6) is 1.73. The van der Waals surface area contributed by atoms with E-state index < -0.39 is 5.69 Å². The zero-order chi connectivity index (χ0) is 22.8. The minimum Gasteiger partial charge on any atom is -0.493 e. The molecule has 0 unspecified atom stereocenters. The summed E-state index contributed by atoms with van der Waals surface area (Å²) in [6, 6.07) is 12.1. The molecule has 9 heteroatoms. The van der Waals surface area contributed by atoms with Crippen LogP contribution in [-0.2, 0) is 6.54 Å². The molecular weight excluding hydrogens is 412 g/mol. The third kappa shape index (κ3) is 3.66. The maximum absolute atomic E-state index is 13.2. The van der Waals surface area contributed by atoms with Gasteiger partial charge in [-0.15, -0.1) is 0 Å². The van der Waals surface area contributed by atoms with Crippen molar-refractivity contribution >= 4 is 10.9 Å². The van der Waals surface area contributed by atoms with Crippen LogP contribution in [0, 0.1) is 0 Å². The fourth-order valence-corrected chi connectivity index (χ4v) is 3.61. The topological polar surface area (TPSA) is 101 Å². The number of para-hydroxylation sites is 1. The summed E-state index contributed by atoms with van der Waals surface area (Å²) in [5.41, 5.74) is 0.494. The highest BCUT2D eigenvalue weighted by Crippen LogP contribution is 2.31. The Bertz CT molecular complexity index is 1390. The fraction of sp³-hybridized carbons (Fsp3) is 0.304. The summed E-state index contributed by atoms with van der Waals surface area (Å²) in [6.07, 6.45) is 0.650. The average molecular weight is 436 g/mol. The minimum atomic E-state index is -0.408. The first-order chi connectivity index (χ1) is 15.5. The highest BCUT2D eigenvalue weighted by atomic mass is 16.5. The smallest absolute Gasteiger partial charge is 0.332 e. The molecule has 2 heterocycles. The highest BCUT2D eigenvalue weighted by Gasteiger charge is 2.19. The first kappa shape index (κ1) is 21.4. The molecule has 0 saturated carbocycles. The normalized spacial score (nSPS) is 12.1. The number of aromatic nitrogens is 4. The molecule has 4 rings (SSSR count). The molecule has 4 aromatic rings. The van der Waals surface area contributed by atoms with Crippen LogP contribution in [0.25, 0.3) is 22.3 Å². The van der Waals surface area contributed by atoms with Gasteiger partial charge in [0.1, 0.15) is 6.54 Å². The third-order valence-electron chi connectivity index (χ3n) is 5.52. The Kier molecular flexibility index (Phi) is 5.81. The highest BCUT2D eigenvalue weighted by molar-refractivity contribution is 5.77. The van der Waals surface area contributed by atoms with E-state index in [0.29, 0.717) is 40.2 Å². The molecule has 0 aliphatic rings. The lowest BCUT2D eigenvalue weighted by Gasteiger charge is -2.16. The first-order valence-corrected chi connectivity index (χ1v) is 10.3. The number of hydrogen-bond donors (Lipinski definition) is 0. The number of ether oxygens (including phenoxy) is 2. The molecule has 0 fully saturated rings. The van der Waals surface area contributed by atoms with Gasteiger partial charge in [-0.05, 0) is 43.7 Å². The standard InChI is InChI=1S/C23H24N4O5/c1-5-14(2)27-22(28)16-8-6-7-9-17(16)26(23(27)29)13-20-24-21(25-32-20)15-10-11-18(30-3)19(12-15)31-4/h6-12,14H,5,13H2,1-4H3/t14-/m1/s1. The molecule has 32 heavy (non-hydrogen) atoms. The average Bonchev–Trinajstić information content (AvgIpc) is 3.29. The van der Waals surface area contributed by atoms with Crippen LogP contribution >= 0.6 is 0 Å². The van der Waals surface area contributed by atoms with Crippen LogP contribution in [0.2, 0.25) is 0 Å². The van der Waals surface area contributed by atoms with E-state index in [9.17, 15) is 9.59 Å². The van der Waals surface area contributed by atoms with Crippen molar-refractivity contribution in [3.05, 3.63) is 69.2 Å². The van der Waals surface area contributed by atoms with Crippen molar-refractivity contribution in [1.29, 1.82) is 0 Å². The third-order valence-corrected chi connectivity index (χ3v) is 5.52. The maximum atomic E-state index is 13.2. The molecule has 166 valence electrons. The molecule has 0 saturated heterocycles. The molecule has 0 aliphatic carbocycles. The summed E-state index contributed by atoms with van der Waals surface area (Å²) in [7, 11) is 3.11. The van der Waals surface area contributed by atoms with E-state index in [1.54, 1.807) is 56.7 Å². The Labute approximate surface area is 183 Å². The predicted molar refractivity (Wildman–Crippen MR) is 119 cm³/mol. The van der Waals surface area contributed by atoms with Gasteiger partial charge in [0, 0.05) is 11.6 Å². The Hall–Kier alpha value is -3.88. The second-order valence-corrected chi connectivity index (χ2v) is 7.40. The van der Waals surface area contributed by atoms with Gasteiger partial charge in [0.25, 0.3) is 5.56 Å².